The molecular weight excluding hydrogens is 214 g/mol. The van der Waals surface area contributed by atoms with Crippen LogP contribution >= 0.6 is 0 Å². The molecule has 2 rings (SSSR count). The van der Waals surface area contributed by atoms with Crippen LogP contribution in [0.1, 0.15) is 18.5 Å². The van der Waals surface area contributed by atoms with Crippen molar-refractivity contribution in [1.29, 1.82) is 0 Å². The van der Waals surface area contributed by atoms with Crippen molar-refractivity contribution in [1.82, 2.24) is 5.27 Å². The summed E-state index contributed by atoms with van der Waals surface area (Å²) in [6.45, 7) is 2.04. The van der Waals surface area contributed by atoms with E-state index in [2.05, 4.69) is 5.27 Å². The van der Waals surface area contributed by atoms with E-state index in [1.165, 1.54) is 5.56 Å². The Kier molecular flexibility index (Phi) is 3.68. The summed E-state index contributed by atoms with van der Waals surface area (Å²) in [6.07, 6.45) is 1.68. The van der Waals surface area contributed by atoms with Gasteiger partial charge in [0.15, 0.2) is 0 Å². The average molecular weight is 226 g/mol. The quantitative estimate of drug-likeness (QED) is 0.611. The van der Waals surface area contributed by atoms with Gasteiger partial charge in [-0.1, -0.05) is 30.3 Å². The topological polar surface area (TPSA) is 55.9 Å². The van der Waals surface area contributed by atoms with E-state index in [0.29, 0.717) is 5.88 Å². The van der Waals surface area contributed by atoms with E-state index in [-0.39, 0.29) is 18.4 Å². The first-order chi connectivity index (χ1) is 6.77. The molecule has 80 valence electrons. The fourth-order valence-corrected chi connectivity index (χ4v) is 1.34. The molecule has 1 heterocycles. The second-order valence-electron chi connectivity index (χ2n) is 3.17. The van der Waals surface area contributed by atoms with Crippen LogP contribution in [0, 0.1) is 0 Å². The van der Waals surface area contributed by atoms with Gasteiger partial charge >= 0.3 is 0 Å². The van der Waals surface area contributed by atoms with Gasteiger partial charge in [-0.15, -0.1) is 0 Å². The lowest BCUT2D eigenvalue weighted by atomic mass is 10.1. The standard InChI is InChI=1S/C10H12N3O.ClH/c1-8(9-5-3-2-4-6-9)13-7-10(11)14-12-13;/h2-8H,11H2,1H3;1H/q+1;/p-1. The number of nitrogens with two attached hydrogens (primary N) is 1. The van der Waals surface area contributed by atoms with Crippen molar-refractivity contribution in [3.63, 3.8) is 0 Å². The predicted octanol–water partition coefficient (Wildman–Crippen LogP) is -1.84. The minimum Gasteiger partial charge on any atom is -1.00 e. The van der Waals surface area contributed by atoms with Gasteiger partial charge in [0.2, 0.25) is 11.3 Å². The van der Waals surface area contributed by atoms with Gasteiger partial charge in [-0.05, 0) is 4.68 Å². The zero-order valence-electron chi connectivity index (χ0n) is 8.30. The molecule has 4 nitrogen and oxygen atoms in total. The minimum atomic E-state index is 0. The Hall–Kier alpha value is -1.55. The molecule has 0 aliphatic heterocycles. The normalized spacial score (nSPS) is 11.8. The van der Waals surface area contributed by atoms with E-state index in [1.54, 1.807) is 10.9 Å². The van der Waals surface area contributed by atoms with E-state index in [4.69, 9.17) is 10.3 Å². The number of aromatic nitrogens is 2. The molecule has 15 heavy (non-hydrogen) atoms. The van der Waals surface area contributed by atoms with Crippen molar-refractivity contribution >= 4 is 5.88 Å². The molecule has 0 saturated heterocycles. The highest BCUT2D eigenvalue weighted by Gasteiger charge is 2.19. The zero-order chi connectivity index (χ0) is 9.97. The molecule has 0 fully saturated rings. The van der Waals surface area contributed by atoms with Crippen LogP contribution in [-0.2, 0) is 0 Å². The predicted molar refractivity (Wildman–Crippen MR) is 51.4 cm³/mol. The highest BCUT2D eigenvalue weighted by atomic mass is 35.5. The highest BCUT2D eigenvalue weighted by molar-refractivity contribution is 5.17. The summed E-state index contributed by atoms with van der Waals surface area (Å²) >= 11 is 0. The van der Waals surface area contributed by atoms with Gasteiger partial charge in [-0.25, -0.2) is 0 Å². The fraction of sp³-hybridized carbons (Fsp3) is 0.200. The van der Waals surface area contributed by atoms with Crippen molar-refractivity contribution in [3.8, 4) is 0 Å². The monoisotopic (exact) mass is 225 g/mol. The Morgan fingerprint density at radius 2 is 2.00 bits per heavy atom. The molecule has 0 aliphatic carbocycles. The first-order valence-corrected chi connectivity index (χ1v) is 4.46. The van der Waals surface area contributed by atoms with Gasteiger partial charge in [0.05, 0.1) is 0 Å². The smallest absolute Gasteiger partial charge is 0.293 e. The van der Waals surface area contributed by atoms with E-state index >= 15 is 0 Å². The maximum atomic E-state index is 5.44. The molecular formula is C10H12ClN3O. The third-order valence-electron chi connectivity index (χ3n) is 2.18. The zero-order valence-corrected chi connectivity index (χ0v) is 9.06. The van der Waals surface area contributed by atoms with Crippen LogP contribution in [0.5, 0.6) is 0 Å². The van der Waals surface area contributed by atoms with Gasteiger partial charge in [0.1, 0.15) is 0 Å². The molecule has 0 radical (unpaired) electrons. The van der Waals surface area contributed by atoms with Crippen LogP contribution < -0.4 is 22.8 Å². The molecule has 5 heteroatoms. The third-order valence-corrected chi connectivity index (χ3v) is 2.18. The van der Waals surface area contributed by atoms with Crippen LogP contribution in [0.25, 0.3) is 0 Å². The number of hydrogen-bond acceptors (Lipinski definition) is 3. The van der Waals surface area contributed by atoms with E-state index in [0.717, 1.165) is 0 Å². The van der Waals surface area contributed by atoms with E-state index < -0.39 is 0 Å². The molecule has 0 aliphatic rings. The Morgan fingerprint density at radius 3 is 2.53 bits per heavy atom. The molecule has 1 aromatic carbocycles. The van der Waals surface area contributed by atoms with Crippen LogP contribution in [0.2, 0.25) is 0 Å². The fourth-order valence-electron chi connectivity index (χ4n) is 1.34. The van der Waals surface area contributed by atoms with Crippen molar-refractivity contribution in [2.75, 3.05) is 5.73 Å². The van der Waals surface area contributed by atoms with Crippen LogP contribution in [0.4, 0.5) is 5.88 Å². The number of halogens is 1. The molecule has 1 unspecified atom stereocenters. The van der Waals surface area contributed by atoms with Crippen molar-refractivity contribution in [2.45, 2.75) is 13.0 Å². The molecule has 2 aromatic rings. The molecule has 1 atom stereocenters. The van der Waals surface area contributed by atoms with Crippen molar-refractivity contribution in [2.24, 2.45) is 0 Å². The number of rotatable bonds is 2. The maximum absolute atomic E-state index is 5.44. The summed E-state index contributed by atoms with van der Waals surface area (Å²) in [5.74, 6) is 0.327. The van der Waals surface area contributed by atoms with Crippen molar-refractivity contribution < 1.29 is 21.6 Å². The first-order valence-electron chi connectivity index (χ1n) is 4.46. The number of benzene rings is 1. The third kappa shape index (κ3) is 2.47. The lowest BCUT2D eigenvalue weighted by Gasteiger charge is -2.00. The van der Waals surface area contributed by atoms with Gasteiger partial charge in [0.25, 0.3) is 12.1 Å². The number of nitrogens with zero attached hydrogens (tertiary/aromatic N) is 2. The van der Waals surface area contributed by atoms with Crippen LogP contribution in [0.15, 0.2) is 41.1 Å². The molecule has 0 spiro atoms. The molecule has 0 amide bonds. The molecule has 1 aromatic heterocycles. The largest absolute Gasteiger partial charge is 1.00 e. The van der Waals surface area contributed by atoms with E-state index in [9.17, 15) is 0 Å². The Bertz CT molecular complexity index is 416. The van der Waals surface area contributed by atoms with E-state index in [1.807, 2.05) is 37.3 Å². The second-order valence-corrected chi connectivity index (χ2v) is 3.17. The Labute approximate surface area is 94.1 Å². The maximum Gasteiger partial charge on any atom is 0.293 e. The Balaban J connectivity index is 0.00000112. The average Bonchev–Trinajstić information content (AvgIpc) is 2.65. The van der Waals surface area contributed by atoms with Crippen LogP contribution in [-0.4, -0.2) is 5.27 Å². The van der Waals surface area contributed by atoms with Gasteiger partial charge in [-0.2, -0.15) is 0 Å². The minimum absolute atomic E-state index is 0. The number of anilines is 1. The number of hydrogen-bond donors (Lipinski definition) is 1. The Morgan fingerprint density at radius 1 is 1.33 bits per heavy atom. The molecule has 0 bridgehead atoms. The summed E-state index contributed by atoms with van der Waals surface area (Å²) in [4.78, 5) is 0. The van der Waals surface area contributed by atoms with Crippen molar-refractivity contribution in [3.05, 3.63) is 42.1 Å². The summed E-state index contributed by atoms with van der Waals surface area (Å²) in [5.41, 5.74) is 6.62. The summed E-state index contributed by atoms with van der Waals surface area (Å²) in [6, 6.07) is 10.2. The SMILES string of the molecule is CC(c1ccccc1)[n+]1cc(N)on1.[Cl-]. The lowest BCUT2D eigenvalue weighted by molar-refractivity contribution is -0.774. The summed E-state index contributed by atoms with van der Waals surface area (Å²) in [7, 11) is 0. The lowest BCUT2D eigenvalue weighted by Crippen LogP contribution is -3.00. The van der Waals surface area contributed by atoms with Crippen LogP contribution in [0.3, 0.4) is 0 Å². The van der Waals surface area contributed by atoms with Gasteiger partial charge in [-0.3, -0.25) is 4.52 Å². The highest BCUT2D eigenvalue weighted by Crippen LogP contribution is 2.10. The number of nitrogen functional groups attached to an aromatic ring is 1. The summed E-state index contributed by atoms with van der Waals surface area (Å²) in [5, 5.41) is 3.81. The molecule has 0 saturated carbocycles. The second kappa shape index (κ2) is 4.79. The summed E-state index contributed by atoms with van der Waals surface area (Å²) < 4.78 is 6.50. The van der Waals surface area contributed by atoms with Gasteiger partial charge in [0, 0.05) is 12.5 Å². The first kappa shape index (κ1) is 11.5. The van der Waals surface area contributed by atoms with Gasteiger partial charge < -0.3 is 18.1 Å². The molecule has 2 N–H and O–H groups in total.